The molecule has 10 nitrogen and oxygen atoms in total. The average molecular weight is 439 g/mol. The van der Waals surface area contributed by atoms with E-state index in [2.05, 4.69) is 50.0 Å². The molecule has 0 radical (unpaired) electrons. The number of tetrazole rings is 1. The van der Waals surface area contributed by atoms with E-state index in [1.54, 1.807) is 27.7 Å². The van der Waals surface area contributed by atoms with Gasteiger partial charge in [0.1, 0.15) is 0 Å². The number of hydrogen-bond donors (Lipinski definition) is 1. The normalized spacial score (nSPS) is 10.9. The molecular formula is C23H21N9O. The number of aryl methyl sites for hydroxylation is 1. The number of nitrogens with zero attached hydrogens (tertiary/aromatic N) is 8. The minimum atomic E-state index is -0.342. The van der Waals surface area contributed by atoms with Gasteiger partial charge >= 0.3 is 0 Å². The predicted molar refractivity (Wildman–Crippen MR) is 121 cm³/mol. The van der Waals surface area contributed by atoms with E-state index in [1.165, 1.54) is 10.4 Å². The lowest BCUT2D eigenvalue weighted by molar-refractivity contribution is 0.102. The lowest BCUT2D eigenvalue weighted by Crippen LogP contribution is -2.16. The number of anilines is 1. The number of carbonyl (C=O) groups is 1. The summed E-state index contributed by atoms with van der Waals surface area (Å²) < 4.78 is 3.35. The monoisotopic (exact) mass is 439 g/mol. The van der Waals surface area contributed by atoms with Gasteiger partial charge in [-0.05, 0) is 23.8 Å². The topological polar surface area (TPSA) is 108 Å². The summed E-state index contributed by atoms with van der Waals surface area (Å²) in [5.41, 5.74) is 3.49. The van der Waals surface area contributed by atoms with Gasteiger partial charge in [0, 0.05) is 24.0 Å². The molecule has 0 aliphatic heterocycles. The van der Waals surface area contributed by atoms with E-state index in [9.17, 15) is 4.79 Å². The minimum absolute atomic E-state index is 0.234. The van der Waals surface area contributed by atoms with E-state index in [-0.39, 0.29) is 18.3 Å². The van der Waals surface area contributed by atoms with Gasteiger partial charge < -0.3 is 5.32 Å². The van der Waals surface area contributed by atoms with Crippen LogP contribution in [0.25, 0.3) is 11.4 Å². The first-order valence-electron chi connectivity index (χ1n) is 10.4. The van der Waals surface area contributed by atoms with Crippen molar-refractivity contribution in [2.75, 3.05) is 5.32 Å². The van der Waals surface area contributed by atoms with Crippen molar-refractivity contribution in [1.29, 1.82) is 0 Å². The Morgan fingerprint density at radius 2 is 1.76 bits per heavy atom. The Hall–Kier alpha value is -4.60. The smallest absolute Gasteiger partial charge is 0.277 e. The molecule has 0 aliphatic rings. The Kier molecular flexibility index (Phi) is 5.46. The van der Waals surface area contributed by atoms with Gasteiger partial charge in [0.15, 0.2) is 18.2 Å². The highest BCUT2D eigenvalue weighted by molar-refractivity contribution is 6.02. The van der Waals surface area contributed by atoms with E-state index in [0.29, 0.717) is 18.2 Å². The lowest BCUT2D eigenvalue weighted by Gasteiger charge is -2.03. The fourth-order valence-electron chi connectivity index (χ4n) is 3.39. The summed E-state index contributed by atoms with van der Waals surface area (Å²) in [6.45, 7) is 2.92. The SMILES string of the molecule is Cc1cccc(Cn2ccc(NC(=O)c3ccn(Cn4nnc(-c5ccccc5)n4)n3)n2)c1. The van der Waals surface area contributed by atoms with Crippen LogP contribution < -0.4 is 5.32 Å². The second kappa shape index (κ2) is 8.87. The first-order chi connectivity index (χ1) is 16.1. The third-order valence-electron chi connectivity index (χ3n) is 4.94. The molecule has 10 heteroatoms. The second-order valence-electron chi connectivity index (χ2n) is 7.57. The van der Waals surface area contributed by atoms with Crippen molar-refractivity contribution >= 4 is 11.7 Å². The molecule has 0 unspecified atom stereocenters. The van der Waals surface area contributed by atoms with Crippen molar-refractivity contribution in [3.8, 4) is 11.4 Å². The maximum atomic E-state index is 12.6. The summed E-state index contributed by atoms with van der Waals surface area (Å²) in [5.74, 6) is 0.653. The van der Waals surface area contributed by atoms with Gasteiger partial charge in [-0.2, -0.15) is 10.2 Å². The van der Waals surface area contributed by atoms with Crippen LogP contribution in [0, 0.1) is 6.92 Å². The molecule has 0 atom stereocenters. The van der Waals surface area contributed by atoms with Crippen molar-refractivity contribution < 1.29 is 4.79 Å². The van der Waals surface area contributed by atoms with Gasteiger partial charge in [-0.25, -0.2) is 4.68 Å². The maximum Gasteiger partial charge on any atom is 0.277 e. The molecule has 2 aromatic carbocycles. The molecule has 33 heavy (non-hydrogen) atoms. The third kappa shape index (κ3) is 4.85. The van der Waals surface area contributed by atoms with Crippen LogP contribution in [0.1, 0.15) is 21.6 Å². The van der Waals surface area contributed by atoms with Gasteiger partial charge in [-0.15, -0.1) is 15.0 Å². The van der Waals surface area contributed by atoms with E-state index in [1.807, 2.05) is 48.7 Å². The van der Waals surface area contributed by atoms with Gasteiger partial charge in [0.05, 0.1) is 6.54 Å². The Balaban J connectivity index is 1.20. The van der Waals surface area contributed by atoms with Crippen LogP contribution in [0.5, 0.6) is 0 Å². The number of carbonyl (C=O) groups excluding carboxylic acids is 1. The summed E-state index contributed by atoms with van der Waals surface area (Å²) in [7, 11) is 0. The Labute approximate surface area is 189 Å². The van der Waals surface area contributed by atoms with E-state index in [4.69, 9.17) is 0 Å². The van der Waals surface area contributed by atoms with Crippen LogP contribution in [-0.2, 0) is 13.2 Å². The zero-order valence-electron chi connectivity index (χ0n) is 17.9. The van der Waals surface area contributed by atoms with E-state index in [0.717, 1.165) is 11.1 Å². The molecule has 5 aromatic rings. The molecule has 0 saturated heterocycles. The van der Waals surface area contributed by atoms with E-state index >= 15 is 0 Å². The van der Waals surface area contributed by atoms with Crippen LogP contribution in [0.2, 0.25) is 0 Å². The van der Waals surface area contributed by atoms with Crippen molar-refractivity contribution in [3.63, 3.8) is 0 Å². The first-order valence-corrected chi connectivity index (χ1v) is 10.4. The number of benzene rings is 2. The number of rotatable bonds is 7. The van der Waals surface area contributed by atoms with Crippen LogP contribution in [0.3, 0.4) is 0 Å². The molecule has 0 spiro atoms. The highest BCUT2D eigenvalue weighted by atomic mass is 16.2. The minimum Gasteiger partial charge on any atom is -0.304 e. The predicted octanol–water partition coefficient (Wildman–Crippen LogP) is 2.85. The summed E-state index contributed by atoms with van der Waals surface area (Å²) in [5, 5.41) is 24.0. The molecular weight excluding hydrogens is 418 g/mol. The molecule has 1 N–H and O–H groups in total. The molecule has 0 fully saturated rings. The van der Waals surface area contributed by atoms with E-state index < -0.39 is 0 Å². The molecule has 0 aliphatic carbocycles. The zero-order chi connectivity index (χ0) is 22.6. The zero-order valence-corrected chi connectivity index (χ0v) is 17.9. The standard InChI is InChI=1S/C23H21N9O/c1-17-6-5-7-18(14-17)15-30-13-11-21(27-30)24-23(33)20-10-12-31(26-20)16-32-28-22(25-29-32)19-8-3-2-4-9-19/h2-14H,15-16H2,1H3,(H,24,27,33). The van der Waals surface area contributed by atoms with Crippen molar-refractivity contribution in [1.82, 2.24) is 39.8 Å². The Morgan fingerprint density at radius 1 is 0.909 bits per heavy atom. The molecule has 5 rings (SSSR count). The summed E-state index contributed by atoms with van der Waals surface area (Å²) in [4.78, 5) is 14.0. The quantitative estimate of drug-likeness (QED) is 0.418. The average Bonchev–Trinajstić information content (AvgIpc) is 3.57. The third-order valence-corrected chi connectivity index (χ3v) is 4.94. The van der Waals surface area contributed by atoms with Crippen LogP contribution in [-0.4, -0.2) is 45.7 Å². The summed E-state index contributed by atoms with van der Waals surface area (Å²) in [6, 6.07) is 21.2. The Bertz CT molecular complexity index is 1380. The second-order valence-corrected chi connectivity index (χ2v) is 7.57. The highest BCUT2D eigenvalue weighted by Gasteiger charge is 2.13. The molecule has 164 valence electrons. The van der Waals surface area contributed by atoms with Crippen molar-refractivity contribution in [3.05, 3.63) is 95.9 Å². The van der Waals surface area contributed by atoms with Crippen LogP contribution >= 0.6 is 0 Å². The lowest BCUT2D eigenvalue weighted by atomic mass is 10.1. The van der Waals surface area contributed by atoms with Gasteiger partial charge in [-0.1, -0.05) is 60.2 Å². The number of aromatic nitrogens is 8. The largest absolute Gasteiger partial charge is 0.304 e. The fourth-order valence-corrected chi connectivity index (χ4v) is 3.39. The van der Waals surface area contributed by atoms with Crippen molar-refractivity contribution in [2.45, 2.75) is 20.1 Å². The van der Waals surface area contributed by atoms with Gasteiger partial charge in [0.2, 0.25) is 5.82 Å². The molecule has 1 amide bonds. The number of hydrogen-bond acceptors (Lipinski definition) is 6. The van der Waals surface area contributed by atoms with Crippen LogP contribution in [0.4, 0.5) is 5.82 Å². The van der Waals surface area contributed by atoms with Crippen LogP contribution in [0.15, 0.2) is 79.1 Å². The van der Waals surface area contributed by atoms with Crippen molar-refractivity contribution in [2.24, 2.45) is 0 Å². The number of nitrogens with one attached hydrogen (secondary N) is 1. The van der Waals surface area contributed by atoms with Gasteiger partial charge in [-0.3, -0.25) is 9.48 Å². The highest BCUT2D eigenvalue weighted by Crippen LogP contribution is 2.12. The maximum absolute atomic E-state index is 12.6. The number of amides is 1. The molecule has 0 saturated carbocycles. The molecule has 0 bridgehead atoms. The first kappa shape index (κ1) is 20.3. The van der Waals surface area contributed by atoms with Gasteiger partial charge in [0.25, 0.3) is 5.91 Å². The Morgan fingerprint density at radius 3 is 2.61 bits per heavy atom. The molecule has 3 heterocycles. The fraction of sp³-hybridized carbons (Fsp3) is 0.130. The summed E-state index contributed by atoms with van der Waals surface area (Å²) in [6.07, 6.45) is 3.52. The molecule has 3 aromatic heterocycles. The summed E-state index contributed by atoms with van der Waals surface area (Å²) >= 11 is 0.